The first-order chi connectivity index (χ1) is 21.1. The second-order valence-corrected chi connectivity index (χ2v) is 15.6. The van der Waals surface area contributed by atoms with Gasteiger partial charge in [0.2, 0.25) is 15.9 Å². The highest BCUT2D eigenvalue weighted by Gasteiger charge is 2.61. The first-order valence-corrected chi connectivity index (χ1v) is 17.1. The van der Waals surface area contributed by atoms with Gasteiger partial charge in [0, 0.05) is 33.6 Å². The molecule has 236 valence electrons. The van der Waals surface area contributed by atoms with Crippen molar-refractivity contribution in [3.63, 3.8) is 0 Å². The quantitative estimate of drug-likeness (QED) is 0.252. The largest absolute Gasteiger partial charge is 0.478 e. The molecule has 2 heterocycles. The van der Waals surface area contributed by atoms with Gasteiger partial charge in [0.05, 0.1) is 16.3 Å². The van der Waals surface area contributed by atoms with E-state index in [0.717, 1.165) is 5.56 Å². The second kappa shape index (κ2) is 11.2. The lowest BCUT2D eigenvalue weighted by Crippen LogP contribution is -2.56. The van der Waals surface area contributed by atoms with Gasteiger partial charge in [-0.1, -0.05) is 47.6 Å². The molecule has 1 saturated heterocycles. The third-order valence-electron chi connectivity index (χ3n) is 8.76. The van der Waals surface area contributed by atoms with Crippen LogP contribution in [0.15, 0.2) is 54.6 Å². The lowest BCUT2D eigenvalue weighted by Gasteiger charge is -2.48. The smallest absolute Gasteiger partial charge is 0.277 e. The van der Waals surface area contributed by atoms with Crippen molar-refractivity contribution in [2.75, 3.05) is 5.32 Å². The summed E-state index contributed by atoms with van der Waals surface area (Å²) < 4.78 is 48.4. The predicted octanol–water partition coefficient (Wildman–Crippen LogP) is 6.24. The van der Waals surface area contributed by atoms with Crippen LogP contribution >= 0.6 is 35.4 Å². The Bertz CT molecular complexity index is 1880. The Morgan fingerprint density at radius 2 is 1.76 bits per heavy atom. The number of amides is 2. The van der Waals surface area contributed by atoms with E-state index in [2.05, 4.69) is 15.4 Å². The SMILES string of the molecule is Cc1ccc(F)cc1C1NC(=S)CC(c2cc(Cl)ccc2OC(C)(C)C(=O)NS(=O)(=O)C2CC2)C12C(=O)Nc1cc(Cl)ccc12. The van der Waals surface area contributed by atoms with Gasteiger partial charge in [-0.25, -0.2) is 17.5 Å². The number of aryl methyl sites for hydroxylation is 1. The number of sulfonamides is 1. The molecule has 0 bridgehead atoms. The van der Waals surface area contributed by atoms with Gasteiger partial charge in [0.15, 0.2) is 5.60 Å². The van der Waals surface area contributed by atoms with Crippen LogP contribution in [0.4, 0.5) is 10.1 Å². The maximum atomic E-state index is 14.8. The van der Waals surface area contributed by atoms with E-state index in [1.54, 1.807) is 42.5 Å². The maximum absolute atomic E-state index is 14.8. The van der Waals surface area contributed by atoms with E-state index in [9.17, 15) is 22.4 Å². The fraction of sp³-hybridized carbons (Fsp3) is 0.344. The van der Waals surface area contributed by atoms with Crippen molar-refractivity contribution in [3.05, 3.63) is 92.7 Å². The number of nitrogens with one attached hydrogen (secondary N) is 3. The molecule has 0 radical (unpaired) electrons. The minimum Gasteiger partial charge on any atom is -0.478 e. The second-order valence-electron chi connectivity index (χ2n) is 12.2. The van der Waals surface area contributed by atoms with Gasteiger partial charge in [-0.2, -0.15) is 0 Å². The van der Waals surface area contributed by atoms with Crippen molar-refractivity contribution in [2.45, 2.75) is 68.3 Å². The fourth-order valence-electron chi connectivity index (χ4n) is 6.36. The van der Waals surface area contributed by atoms with Gasteiger partial charge in [-0.3, -0.25) is 9.59 Å². The van der Waals surface area contributed by atoms with E-state index in [-0.39, 0.29) is 18.1 Å². The van der Waals surface area contributed by atoms with Crippen LogP contribution in [0.25, 0.3) is 0 Å². The Hall–Kier alpha value is -3.25. The summed E-state index contributed by atoms with van der Waals surface area (Å²) in [6, 6.07) is 13.5. The number of hydrogen-bond acceptors (Lipinski definition) is 6. The van der Waals surface area contributed by atoms with Crippen LogP contribution in [-0.4, -0.2) is 36.1 Å². The minimum atomic E-state index is -3.83. The van der Waals surface area contributed by atoms with Crippen LogP contribution in [0.3, 0.4) is 0 Å². The summed E-state index contributed by atoms with van der Waals surface area (Å²) in [7, 11) is -3.83. The Morgan fingerprint density at radius 3 is 2.47 bits per heavy atom. The molecule has 1 saturated carbocycles. The predicted molar refractivity (Wildman–Crippen MR) is 175 cm³/mol. The van der Waals surface area contributed by atoms with Gasteiger partial charge in [0.1, 0.15) is 17.0 Å². The third kappa shape index (κ3) is 5.58. The van der Waals surface area contributed by atoms with E-state index < -0.39 is 50.0 Å². The van der Waals surface area contributed by atoms with Crippen molar-refractivity contribution in [3.8, 4) is 5.75 Å². The zero-order valence-corrected chi connectivity index (χ0v) is 27.7. The summed E-state index contributed by atoms with van der Waals surface area (Å²) in [6.45, 7) is 4.76. The summed E-state index contributed by atoms with van der Waals surface area (Å²) in [6.07, 6.45) is 1.16. The fourth-order valence-corrected chi connectivity index (χ4v) is 8.43. The first-order valence-electron chi connectivity index (χ1n) is 14.3. The molecule has 2 amide bonds. The van der Waals surface area contributed by atoms with E-state index in [1.165, 1.54) is 26.0 Å². The Kier molecular flexibility index (Phi) is 7.91. The molecule has 3 N–H and O–H groups in total. The number of anilines is 1. The summed E-state index contributed by atoms with van der Waals surface area (Å²) in [5.74, 6) is -2.20. The number of hydrogen-bond donors (Lipinski definition) is 3. The number of carbonyl (C=O) groups is 2. The average Bonchev–Trinajstić information content (AvgIpc) is 3.78. The van der Waals surface area contributed by atoms with E-state index in [4.69, 9.17) is 40.2 Å². The number of piperidine rings is 1. The summed E-state index contributed by atoms with van der Waals surface area (Å²) in [5.41, 5.74) is -0.198. The van der Waals surface area contributed by atoms with E-state index >= 15 is 0 Å². The van der Waals surface area contributed by atoms with Crippen LogP contribution in [0.2, 0.25) is 10.0 Å². The average molecular weight is 691 g/mol. The highest BCUT2D eigenvalue weighted by atomic mass is 35.5. The van der Waals surface area contributed by atoms with Crippen molar-refractivity contribution < 1.29 is 27.1 Å². The van der Waals surface area contributed by atoms with Crippen molar-refractivity contribution in [2.24, 2.45) is 0 Å². The third-order valence-corrected chi connectivity index (χ3v) is 11.3. The molecule has 2 aliphatic heterocycles. The molecular formula is C32H30Cl2FN3O5S2. The number of halogens is 3. The summed E-state index contributed by atoms with van der Waals surface area (Å²) >= 11 is 18.7. The first kappa shape index (κ1) is 31.7. The summed E-state index contributed by atoms with van der Waals surface area (Å²) in [4.78, 5) is 28.1. The molecule has 3 atom stereocenters. The molecule has 1 spiro atoms. The lowest BCUT2D eigenvalue weighted by atomic mass is 9.59. The molecule has 3 aromatic carbocycles. The zero-order valence-electron chi connectivity index (χ0n) is 24.5. The Balaban J connectivity index is 1.53. The lowest BCUT2D eigenvalue weighted by molar-refractivity contribution is -0.132. The van der Waals surface area contributed by atoms with Gasteiger partial charge in [0.25, 0.3) is 5.91 Å². The molecule has 3 aromatic rings. The number of benzene rings is 3. The Morgan fingerprint density at radius 1 is 1.07 bits per heavy atom. The standard InChI is InChI=1S/C32H30Cl2FN3O5S2/c1-16-4-7-19(35)14-21(16)28-32(23-10-5-18(34)13-25(23)36-30(32)40)24(15-27(44)37-28)22-12-17(33)6-11-26(22)43-31(2,3)29(39)38-45(41,42)20-8-9-20/h4-7,10-14,20,24,28H,8-9,15H2,1-3H3,(H,36,40)(H,37,44)(H,38,39). The van der Waals surface area contributed by atoms with Crippen LogP contribution in [0.1, 0.15) is 67.3 Å². The van der Waals surface area contributed by atoms with Gasteiger partial charge >= 0.3 is 0 Å². The van der Waals surface area contributed by atoms with E-state index in [1.807, 2.05) is 6.92 Å². The summed E-state index contributed by atoms with van der Waals surface area (Å²) in [5, 5.41) is 6.47. The van der Waals surface area contributed by atoms with Gasteiger partial charge in [-0.05, 0) is 92.8 Å². The topological polar surface area (TPSA) is 114 Å². The molecule has 3 aliphatic rings. The zero-order chi connectivity index (χ0) is 32.5. The van der Waals surface area contributed by atoms with Crippen molar-refractivity contribution in [1.29, 1.82) is 0 Å². The van der Waals surface area contributed by atoms with E-state index in [0.29, 0.717) is 50.3 Å². The molecule has 45 heavy (non-hydrogen) atoms. The maximum Gasteiger partial charge on any atom is 0.277 e. The Labute approximate surface area is 276 Å². The minimum absolute atomic E-state index is 0.176. The number of ether oxygens (including phenoxy) is 1. The van der Waals surface area contributed by atoms with Crippen molar-refractivity contribution in [1.82, 2.24) is 10.0 Å². The van der Waals surface area contributed by atoms with Crippen LogP contribution in [0, 0.1) is 12.7 Å². The number of rotatable bonds is 7. The van der Waals surface area contributed by atoms with Crippen LogP contribution in [0.5, 0.6) is 5.75 Å². The van der Waals surface area contributed by atoms with Gasteiger partial charge < -0.3 is 15.4 Å². The van der Waals surface area contributed by atoms with Crippen molar-refractivity contribution >= 4 is 67.9 Å². The molecule has 3 unspecified atom stereocenters. The highest BCUT2D eigenvalue weighted by Crippen LogP contribution is 2.59. The molecule has 8 nitrogen and oxygen atoms in total. The van der Waals surface area contributed by atoms with Crippen LogP contribution < -0.4 is 20.1 Å². The molecule has 6 rings (SSSR count). The number of thiocarbonyl (C=S) groups is 1. The van der Waals surface area contributed by atoms with Crippen LogP contribution in [-0.2, 0) is 25.0 Å². The molecule has 0 aromatic heterocycles. The molecule has 2 fully saturated rings. The van der Waals surface area contributed by atoms with Gasteiger partial charge in [-0.15, -0.1) is 0 Å². The molecule has 1 aliphatic carbocycles. The normalized spacial score (nSPS) is 22.9. The number of carbonyl (C=O) groups excluding carboxylic acids is 2. The number of fused-ring (bicyclic) bond motifs is 2. The molecular weight excluding hydrogens is 660 g/mol. The molecule has 13 heteroatoms. The monoisotopic (exact) mass is 689 g/mol. The highest BCUT2D eigenvalue weighted by molar-refractivity contribution is 7.91.